The van der Waals surface area contributed by atoms with E-state index in [-0.39, 0.29) is 12.0 Å². The topological polar surface area (TPSA) is 43.8 Å². The molecule has 4 heteroatoms. The van der Waals surface area contributed by atoms with Gasteiger partial charge in [0.25, 0.3) is 0 Å². The van der Waals surface area contributed by atoms with Crippen molar-refractivity contribution in [3.8, 4) is 0 Å². The number of hydrogen-bond donors (Lipinski definition) is 1. The second kappa shape index (κ2) is 5.65. The molecule has 0 aromatic heterocycles. The third-order valence-electron chi connectivity index (χ3n) is 3.66. The molecule has 1 saturated heterocycles. The zero-order valence-corrected chi connectivity index (χ0v) is 10.6. The average molecular weight is 238 g/mol. The van der Waals surface area contributed by atoms with Gasteiger partial charge in [0.2, 0.25) is 5.91 Å². The van der Waals surface area contributed by atoms with E-state index in [4.69, 9.17) is 0 Å². The van der Waals surface area contributed by atoms with E-state index in [9.17, 15) is 9.90 Å². The van der Waals surface area contributed by atoms with Crippen LogP contribution in [0.1, 0.15) is 32.1 Å². The summed E-state index contributed by atoms with van der Waals surface area (Å²) in [7, 11) is 1.86. The zero-order chi connectivity index (χ0) is 12.3. The molecule has 1 heterocycles. The summed E-state index contributed by atoms with van der Waals surface area (Å²) in [5, 5.41) is 9.56. The smallest absolute Gasteiger partial charge is 0.240 e. The first-order valence-electron chi connectivity index (χ1n) is 6.53. The van der Waals surface area contributed by atoms with Gasteiger partial charge in [-0.05, 0) is 38.6 Å². The Morgan fingerprint density at radius 3 is 3.06 bits per heavy atom. The standard InChI is InChI=1S/C13H22N2O2/c1-14(11-5-2-3-6-11)13(17)10-15-8-4-7-12(16)9-15/h5,12,16H,2-4,6-10H2,1H3/t12-/m0/s1. The molecule has 96 valence electrons. The van der Waals surface area contributed by atoms with Crippen molar-refractivity contribution in [1.29, 1.82) is 0 Å². The predicted molar refractivity (Wildman–Crippen MR) is 66.4 cm³/mol. The molecular formula is C13H22N2O2. The van der Waals surface area contributed by atoms with Crippen molar-refractivity contribution < 1.29 is 9.90 Å². The third-order valence-corrected chi connectivity index (χ3v) is 3.66. The molecule has 2 rings (SSSR count). The Hall–Kier alpha value is -0.870. The van der Waals surface area contributed by atoms with E-state index in [2.05, 4.69) is 11.0 Å². The van der Waals surface area contributed by atoms with Crippen LogP contribution >= 0.6 is 0 Å². The first-order valence-corrected chi connectivity index (χ1v) is 6.53. The Morgan fingerprint density at radius 2 is 2.41 bits per heavy atom. The number of allylic oxidation sites excluding steroid dienone is 2. The number of nitrogens with zero attached hydrogens (tertiary/aromatic N) is 2. The average Bonchev–Trinajstić information content (AvgIpc) is 2.81. The summed E-state index contributed by atoms with van der Waals surface area (Å²) < 4.78 is 0. The number of likely N-dealkylation sites (tertiary alicyclic amines) is 1. The first kappa shape index (κ1) is 12.6. The predicted octanol–water partition coefficient (Wildman–Crippen LogP) is 0.969. The Labute approximate surface area is 103 Å². The highest BCUT2D eigenvalue weighted by Gasteiger charge is 2.22. The number of aliphatic hydroxyl groups is 1. The van der Waals surface area contributed by atoms with Gasteiger partial charge in [-0.25, -0.2) is 0 Å². The van der Waals surface area contributed by atoms with E-state index in [1.807, 2.05) is 7.05 Å². The van der Waals surface area contributed by atoms with Gasteiger partial charge in [0.05, 0.1) is 12.6 Å². The van der Waals surface area contributed by atoms with Crippen molar-refractivity contribution in [2.75, 3.05) is 26.7 Å². The molecule has 1 atom stereocenters. The van der Waals surface area contributed by atoms with Gasteiger partial charge in [-0.3, -0.25) is 9.69 Å². The quantitative estimate of drug-likeness (QED) is 0.797. The van der Waals surface area contributed by atoms with Crippen molar-refractivity contribution in [2.24, 2.45) is 0 Å². The fraction of sp³-hybridized carbons (Fsp3) is 0.769. The normalized spacial score (nSPS) is 25.8. The molecule has 17 heavy (non-hydrogen) atoms. The van der Waals surface area contributed by atoms with Gasteiger partial charge in [0.1, 0.15) is 0 Å². The SMILES string of the molecule is CN(C(=O)CN1CCC[C@H](O)C1)C1=CCCC1. The minimum atomic E-state index is -0.257. The van der Waals surface area contributed by atoms with Crippen LogP contribution in [0.25, 0.3) is 0 Å². The van der Waals surface area contributed by atoms with Crippen molar-refractivity contribution in [3.05, 3.63) is 11.8 Å². The highest BCUT2D eigenvalue weighted by atomic mass is 16.3. The lowest BCUT2D eigenvalue weighted by Gasteiger charge is -2.31. The van der Waals surface area contributed by atoms with E-state index in [1.54, 1.807) is 4.90 Å². The lowest BCUT2D eigenvalue weighted by molar-refractivity contribution is -0.130. The molecule has 1 aliphatic carbocycles. The molecule has 1 fully saturated rings. The number of amides is 1. The van der Waals surface area contributed by atoms with Crippen LogP contribution in [-0.4, -0.2) is 53.6 Å². The van der Waals surface area contributed by atoms with Crippen LogP contribution in [0.3, 0.4) is 0 Å². The van der Waals surface area contributed by atoms with Gasteiger partial charge in [-0.15, -0.1) is 0 Å². The summed E-state index contributed by atoms with van der Waals surface area (Å²) in [5.74, 6) is 0.146. The van der Waals surface area contributed by atoms with E-state index >= 15 is 0 Å². The second-order valence-corrected chi connectivity index (χ2v) is 5.07. The first-order chi connectivity index (χ1) is 8.16. The van der Waals surface area contributed by atoms with Crippen molar-refractivity contribution in [1.82, 2.24) is 9.80 Å². The van der Waals surface area contributed by atoms with Crippen LogP contribution < -0.4 is 0 Å². The minimum Gasteiger partial charge on any atom is -0.392 e. The van der Waals surface area contributed by atoms with E-state index in [0.717, 1.165) is 44.3 Å². The summed E-state index contributed by atoms with van der Waals surface area (Å²) in [6, 6.07) is 0. The van der Waals surface area contributed by atoms with Crippen LogP contribution in [0.2, 0.25) is 0 Å². The molecule has 0 unspecified atom stereocenters. The van der Waals surface area contributed by atoms with Crippen LogP contribution in [0.5, 0.6) is 0 Å². The molecule has 1 aliphatic heterocycles. The number of carbonyl (C=O) groups excluding carboxylic acids is 1. The Bertz CT molecular complexity index is 315. The summed E-state index contributed by atoms with van der Waals surface area (Å²) in [4.78, 5) is 15.9. The van der Waals surface area contributed by atoms with Gasteiger partial charge in [0, 0.05) is 19.3 Å². The van der Waals surface area contributed by atoms with Crippen molar-refractivity contribution in [2.45, 2.75) is 38.2 Å². The van der Waals surface area contributed by atoms with Gasteiger partial charge >= 0.3 is 0 Å². The summed E-state index contributed by atoms with van der Waals surface area (Å²) in [5.41, 5.74) is 1.16. The van der Waals surface area contributed by atoms with E-state index in [1.165, 1.54) is 0 Å². The number of likely N-dealkylation sites (N-methyl/N-ethyl adjacent to an activating group) is 1. The van der Waals surface area contributed by atoms with E-state index in [0.29, 0.717) is 13.1 Å². The number of carbonyl (C=O) groups is 1. The fourth-order valence-corrected chi connectivity index (χ4v) is 2.59. The number of piperidine rings is 1. The molecule has 0 saturated carbocycles. The molecule has 0 aromatic carbocycles. The summed E-state index contributed by atoms with van der Waals surface area (Å²) in [6.45, 7) is 2.00. The molecule has 0 radical (unpaired) electrons. The highest BCUT2D eigenvalue weighted by Crippen LogP contribution is 2.20. The maximum atomic E-state index is 12.1. The number of rotatable bonds is 3. The molecule has 1 amide bonds. The molecule has 0 aromatic rings. The van der Waals surface area contributed by atoms with Gasteiger partial charge in [-0.2, -0.15) is 0 Å². The fourth-order valence-electron chi connectivity index (χ4n) is 2.59. The monoisotopic (exact) mass is 238 g/mol. The largest absolute Gasteiger partial charge is 0.392 e. The highest BCUT2D eigenvalue weighted by molar-refractivity contribution is 5.79. The van der Waals surface area contributed by atoms with E-state index < -0.39 is 0 Å². The third kappa shape index (κ3) is 3.30. The number of hydrogen-bond acceptors (Lipinski definition) is 3. The maximum absolute atomic E-state index is 12.1. The lowest BCUT2D eigenvalue weighted by atomic mass is 10.1. The van der Waals surface area contributed by atoms with Crippen LogP contribution in [-0.2, 0) is 4.79 Å². The molecule has 0 spiro atoms. The van der Waals surface area contributed by atoms with Crippen LogP contribution in [0.4, 0.5) is 0 Å². The Kier molecular flexibility index (Phi) is 4.18. The molecular weight excluding hydrogens is 216 g/mol. The van der Waals surface area contributed by atoms with Gasteiger partial charge in [-0.1, -0.05) is 6.08 Å². The van der Waals surface area contributed by atoms with Gasteiger partial charge in [0.15, 0.2) is 0 Å². The minimum absolute atomic E-state index is 0.146. The number of β-amino-alcohol motifs (C(OH)–C–C–N with tert-alkyl or cyclic N) is 1. The Morgan fingerprint density at radius 1 is 1.59 bits per heavy atom. The van der Waals surface area contributed by atoms with Crippen molar-refractivity contribution >= 4 is 5.91 Å². The van der Waals surface area contributed by atoms with Crippen molar-refractivity contribution in [3.63, 3.8) is 0 Å². The number of aliphatic hydroxyl groups excluding tert-OH is 1. The van der Waals surface area contributed by atoms with Crippen LogP contribution in [0.15, 0.2) is 11.8 Å². The zero-order valence-electron chi connectivity index (χ0n) is 10.6. The van der Waals surface area contributed by atoms with Crippen LogP contribution in [0, 0.1) is 0 Å². The lowest BCUT2D eigenvalue weighted by Crippen LogP contribution is -2.44. The maximum Gasteiger partial charge on any atom is 0.240 e. The molecule has 4 nitrogen and oxygen atoms in total. The second-order valence-electron chi connectivity index (χ2n) is 5.07. The molecule has 1 N–H and O–H groups in total. The van der Waals surface area contributed by atoms with Gasteiger partial charge < -0.3 is 10.0 Å². The molecule has 0 bridgehead atoms. The Balaban J connectivity index is 1.83. The molecule has 2 aliphatic rings. The summed E-state index contributed by atoms with van der Waals surface area (Å²) >= 11 is 0. The summed E-state index contributed by atoms with van der Waals surface area (Å²) in [6.07, 6.45) is 7.03.